The summed E-state index contributed by atoms with van der Waals surface area (Å²) >= 11 is 0. The maximum Gasteiger partial charge on any atom is 0.254 e. The van der Waals surface area contributed by atoms with Gasteiger partial charge in [-0.15, -0.1) is 0 Å². The maximum atomic E-state index is 12.4. The number of benzene rings is 1. The average molecular weight is 232 g/mol. The van der Waals surface area contributed by atoms with Gasteiger partial charge in [0, 0.05) is 23.8 Å². The van der Waals surface area contributed by atoms with Crippen LogP contribution in [-0.2, 0) is 0 Å². The van der Waals surface area contributed by atoms with Crippen LogP contribution in [0.3, 0.4) is 0 Å². The Balaban J connectivity index is 2.20. The molecule has 0 saturated carbocycles. The Labute approximate surface area is 103 Å². The zero-order valence-corrected chi connectivity index (χ0v) is 10.5. The minimum absolute atomic E-state index is 0.119. The molecule has 1 aromatic carbocycles. The van der Waals surface area contributed by atoms with Gasteiger partial charge >= 0.3 is 0 Å². The normalized spacial score (nSPS) is 19.9. The Morgan fingerprint density at radius 3 is 2.88 bits per heavy atom. The smallest absolute Gasteiger partial charge is 0.254 e. The van der Waals surface area contributed by atoms with Crippen molar-refractivity contribution in [3.63, 3.8) is 0 Å². The second kappa shape index (κ2) is 4.78. The van der Waals surface area contributed by atoms with Gasteiger partial charge in [-0.3, -0.25) is 4.79 Å². The van der Waals surface area contributed by atoms with Crippen LogP contribution in [0.15, 0.2) is 24.3 Å². The molecule has 1 aromatic rings. The van der Waals surface area contributed by atoms with Crippen LogP contribution in [0, 0.1) is 5.92 Å². The number of carbonyl (C=O) groups excluding carboxylic acids is 1. The van der Waals surface area contributed by atoms with Crippen LogP contribution in [0.4, 0.5) is 5.69 Å². The molecule has 1 amide bonds. The minimum Gasteiger partial charge on any atom is -0.399 e. The highest BCUT2D eigenvalue weighted by atomic mass is 16.2. The number of hydrogen-bond donors (Lipinski definition) is 1. The van der Waals surface area contributed by atoms with Crippen molar-refractivity contribution in [3.8, 4) is 0 Å². The first kappa shape index (κ1) is 12.0. The van der Waals surface area contributed by atoms with E-state index in [4.69, 9.17) is 5.73 Å². The Kier molecular flexibility index (Phi) is 3.36. The Morgan fingerprint density at radius 1 is 1.47 bits per heavy atom. The second-order valence-corrected chi connectivity index (χ2v) is 5.08. The molecule has 1 aliphatic rings. The largest absolute Gasteiger partial charge is 0.399 e. The van der Waals surface area contributed by atoms with Crippen LogP contribution in [0.25, 0.3) is 0 Å². The number of carbonyl (C=O) groups is 1. The molecule has 1 unspecified atom stereocenters. The number of nitrogen functional groups attached to an aromatic ring is 1. The number of nitrogens with two attached hydrogens (primary N) is 1. The highest BCUT2D eigenvalue weighted by Crippen LogP contribution is 2.25. The van der Waals surface area contributed by atoms with Crippen LogP contribution >= 0.6 is 0 Å². The molecule has 1 atom stereocenters. The fourth-order valence-corrected chi connectivity index (χ4v) is 2.58. The summed E-state index contributed by atoms with van der Waals surface area (Å²) in [5.74, 6) is 0.635. The monoisotopic (exact) mass is 232 g/mol. The lowest BCUT2D eigenvalue weighted by Crippen LogP contribution is -2.38. The molecule has 1 heterocycles. The van der Waals surface area contributed by atoms with Crippen molar-refractivity contribution in [2.24, 2.45) is 5.92 Å². The third kappa shape index (κ3) is 2.43. The number of hydrogen-bond acceptors (Lipinski definition) is 2. The molecule has 17 heavy (non-hydrogen) atoms. The highest BCUT2D eigenvalue weighted by molar-refractivity contribution is 5.95. The number of likely N-dealkylation sites (tertiary alicyclic amines) is 1. The van der Waals surface area contributed by atoms with E-state index >= 15 is 0 Å². The summed E-state index contributed by atoms with van der Waals surface area (Å²) in [5.41, 5.74) is 7.07. The van der Waals surface area contributed by atoms with Gasteiger partial charge in [0.25, 0.3) is 5.91 Å². The van der Waals surface area contributed by atoms with Crippen molar-refractivity contribution in [2.45, 2.75) is 32.7 Å². The van der Waals surface area contributed by atoms with Gasteiger partial charge < -0.3 is 10.6 Å². The van der Waals surface area contributed by atoms with Crippen LogP contribution in [0.2, 0.25) is 0 Å². The lowest BCUT2D eigenvalue weighted by molar-refractivity contribution is 0.0701. The van der Waals surface area contributed by atoms with E-state index in [0.29, 0.717) is 23.2 Å². The number of amides is 1. The van der Waals surface area contributed by atoms with Gasteiger partial charge in [-0.25, -0.2) is 0 Å². The summed E-state index contributed by atoms with van der Waals surface area (Å²) in [6.45, 7) is 5.22. The number of rotatable bonds is 2. The molecule has 1 saturated heterocycles. The fraction of sp³-hybridized carbons (Fsp3) is 0.500. The van der Waals surface area contributed by atoms with Crippen molar-refractivity contribution >= 4 is 11.6 Å². The van der Waals surface area contributed by atoms with Gasteiger partial charge in [-0.2, -0.15) is 0 Å². The lowest BCUT2D eigenvalue weighted by atomic mass is 10.0. The van der Waals surface area contributed by atoms with E-state index < -0.39 is 0 Å². The molecule has 2 rings (SSSR count). The molecule has 92 valence electrons. The van der Waals surface area contributed by atoms with Gasteiger partial charge in [-0.1, -0.05) is 19.9 Å². The standard InChI is InChI=1S/C14H20N2O/c1-10(2)13-7-4-8-16(13)14(17)11-5-3-6-12(15)9-11/h3,5-6,9-10,13H,4,7-8,15H2,1-2H3. The van der Waals surface area contributed by atoms with Gasteiger partial charge in [0.1, 0.15) is 0 Å². The van der Waals surface area contributed by atoms with Crippen molar-refractivity contribution in [3.05, 3.63) is 29.8 Å². The van der Waals surface area contributed by atoms with Gasteiger partial charge in [-0.05, 0) is 37.0 Å². The second-order valence-electron chi connectivity index (χ2n) is 5.08. The molecule has 0 bridgehead atoms. The molecule has 2 N–H and O–H groups in total. The first-order valence-corrected chi connectivity index (χ1v) is 6.26. The summed E-state index contributed by atoms with van der Waals surface area (Å²) < 4.78 is 0. The predicted octanol–water partition coefficient (Wildman–Crippen LogP) is 2.53. The first-order chi connectivity index (χ1) is 8.09. The van der Waals surface area contributed by atoms with E-state index in [1.165, 1.54) is 0 Å². The van der Waals surface area contributed by atoms with E-state index in [0.717, 1.165) is 19.4 Å². The molecule has 1 fully saturated rings. The Bertz CT molecular complexity index is 414. The van der Waals surface area contributed by atoms with E-state index in [-0.39, 0.29) is 5.91 Å². The molecule has 0 aliphatic carbocycles. The Morgan fingerprint density at radius 2 is 2.24 bits per heavy atom. The fourth-order valence-electron chi connectivity index (χ4n) is 2.58. The molecule has 0 aromatic heterocycles. The minimum atomic E-state index is 0.119. The first-order valence-electron chi connectivity index (χ1n) is 6.26. The molecular formula is C14H20N2O. The zero-order chi connectivity index (χ0) is 12.4. The molecule has 0 radical (unpaired) electrons. The quantitative estimate of drug-likeness (QED) is 0.796. The third-order valence-electron chi connectivity index (χ3n) is 3.46. The summed E-state index contributed by atoms with van der Waals surface area (Å²) in [6.07, 6.45) is 2.22. The van der Waals surface area contributed by atoms with Gasteiger partial charge in [0.2, 0.25) is 0 Å². The van der Waals surface area contributed by atoms with Crippen molar-refractivity contribution < 1.29 is 4.79 Å². The van der Waals surface area contributed by atoms with Crippen molar-refractivity contribution in [2.75, 3.05) is 12.3 Å². The summed E-state index contributed by atoms with van der Waals surface area (Å²) in [5, 5.41) is 0. The van der Waals surface area contributed by atoms with Crippen LogP contribution < -0.4 is 5.73 Å². The SMILES string of the molecule is CC(C)C1CCCN1C(=O)c1cccc(N)c1. The highest BCUT2D eigenvalue weighted by Gasteiger charge is 2.31. The van der Waals surface area contributed by atoms with E-state index in [2.05, 4.69) is 13.8 Å². The van der Waals surface area contributed by atoms with Gasteiger partial charge in [0.15, 0.2) is 0 Å². The Hall–Kier alpha value is -1.51. The summed E-state index contributed by atoms with van der Waals surface area (Å²) in [7, 11) is 0. The third-order valence-corrected chi connectivity index (χ3v) is 3.46. The maximum absolute atomic E-state index is 12.4. The number of anilines is 1. The molecule has 3 heteroatoms. The van der Waals surface area contributed by atoms with Crippen molar-refractivity contribution in [1.82, 2.24) is 4.90 Å². The average Bonchev–Trinajstić information content (AvgIpc) is 2.77. The van der Waals surface area contributed by atoms with E-state index in [1.54, 1.807) is 12.1 Å². The van der Waals surface area contributed by atoms with Gasteiger partial charge in [0.05, 0.1) is 0 Å². The van der Waals surface area contributed by atoms with Crippen LogP contribution in [0.5, 0.6) is 0 Å². The van der Waals surface area contributed by atoms with Crippen LogP contribution in [0.1, 0.15) is 37.0 Å². The number of nitrogens with zero attached hydrogens (tertiary/aromatic N) is 1. The molecule has 3 nitrogen and oxygen atoms in total. The van der Waals surface area contributed by atoms with Crippen LogP contribution in [-0.4, -0.2) is 23.4 Å². The lowest BCUT2D eigenvalue weighted by Gasteiger charge is -2.27. The predicted molar refractivity (Wildman–Crippen MR) is 69.8 cm³/mol. The van der Waals surface area contributed by atoms with Crippen molar-refractivity contribution in [1.29, 1.82) is 0 Å². The molecular weight excluding hydrogens is 212 g/mol. The molecule has 1 aliphatic heterocycles. The summed E-state index contributed by atoms with van der Waals surface area (Å²) in [4.78, 5) is 14.4. The summed E-state index contributed by atoms with van der Waals surface area (Å²) in [6, 6.07) is 7.62. The molecule has 0 spiro atoms. The van der Waals surface area contributed by atoms with E-state index in [1.807, 2.05) is 17.0 Å². The van der Waals surface area contributed by atoms with E-state index in [9.17, 15) is 4.79 Å². The topological polar surface area (TPSA) is 46.3 Å². The zero-order valence-electron chi connectivity index (χ0n) is 10.5.